The molecule has 0 aliphatic heterocycles. The van der Waals surface area contributed by atoms with Crippen molar-refractivity contribution in [2.75, 3.05) is 0 Å². The summed E-state index contributed by atoms with van der Waals surface area (Å²) in [6.07, 6.45) is 2.45. The van der Waals surface area contributed by atoms with Gasteiger partial charge in [-0.05, 0) is 25.1 Å². The lowest BCUT2D eigenvalue weighted by Gasteiger charge is -2.03. The van der Waals surface area contributed by atoms with Crippen molar-refractivity contribution in [1.82, 2.24) is 9.97 Å². The highest BCUT2D eigenvalue weighted by Gasteiger charge is 2.08. The Morgan fingerprint density at radius 2 is 2.18 bits per heavy atom. The van der Waals surface area contributed by atoms with Crippen LogP contribution in [0.25, 0.3) is 11.3 Å². The second-order valence-corrected chi connectivity index (χ2v) is 4.89. The molecule has 0 radical (unpaired) electrons. The molecule has 1 unspecified atom stereocenters. The summed E-state index contributed by atoms with van der Waals surface area (Å²) < 4.78 is 0. The normalized spacial score (nSPS) is 12.7. The third kappa shape index (κ3) is 3.00. The molecule has 90 valence electrons. The van der Waals surface area contributed by atoms with E-state index in [1.165, 1.54) is 0 Å². The minimum atomic E-state index is 0.0730. The summed E-state index contributed by atoms with van der Waals surface area (Å²) in [7, 11) is 0. The SMILES string of the molecule is CC(N)Cc1ncc(-c2cc(Cl)ccc2Cl)[nH]1. The molecule has 0 saturated heterocycles. The minimum Gasteiger partial charge on any atom is -0.342 e. The molecule has 0 aliphatic rings. The quantitative estimate of drug-likeness (QED) is 0.899. The third-order valence-electron chi connectivity index (χ3n) is 2.36. The Morgan fingerprint density at radius 1 is 1.41 bits per heavy atom. The summed E-state index contributed by atoms with van der Waals surface area (Å²) in [6, 6.07) is 5.41. The first-order valence-corrected chi connectivity index (χ1v) is 6.06. The van der Waals surface area contributed by atoms with Crippen molar-refractivity contribution in [3.05, 3.63) is 40.3 Å². The maximum absolute atomic E-state index is 6.11. The van der Waals surface area contributed by atoms with E-state index >= 15 is 0 Å². The average molecular weight is 270 g/mol. The van der Waals surface area contributed by atoms with Gasteiger partial charge in [0.1, 0.15) is 5.82 Å². The van der Waals surface area contributed by atoms with Crippen molar-refractivity contribution in [1.29, 1.82) is 0 Å². The molecule has 0 spiro atoms. The van der Waals surface area contributed by atoms with E-state index in [-0.39, 0.29) is 6.04 Å². The highest BCUT2D eigenvalue weighted by Crippen LogP contribution is 2.29. The molecule has 2 aromatic rings. The molecule has 17 heavy (non-hydrogen) atoms. The molecule has 2 rings (SSSR count). The van der Waals surface area contributed by atoms with E-state index in [1.807, 2.05) is 13.0 Å². The highest BCUT2D eigenvalue weighted by molar-refractivity contribution is 6.35. The van der Waals surface area contributed by atoms with Gasteiger partial charge in [0.15, 0.2) is 0 Å². The number of nitrogens with one attached hydrogen (secondary N) is 1. The van der Waals surface area contributed by atoms with Crippen LogP contribution >= 0.6 is 23.2 Å². The summed E-state index contributed by atoms with van der Waals surface area (Å²) in [5, 5.41) is 1.29. The van der Waals surface area contributed by atoms with Crippen molar-refractivity contribution in [3.63, 3.8) is 0 Å². The number of benzene rings is 1. The number of halogens is 2. The summed E-state index contributed by atoms with van der Waals surface area (Å²) in [5.74, 6) is 0.853. The molecule has 0 aliphatic carbocycles. The second kappa shape index (κ2) is 5.08. The number of H-pyrrole nitrogens is 1. The molecule has 1 aromatic heterocycles. The van der Waals surface area contributed by atoms with Crippen LogP contribution in [0.5, 0.6) is 0 Å². The predicted molar refractivity (Wildman–Crippen MR) is 71.4 cm³/mol. The number of nitrogens with zero attached hydrogens (tertiary/aromatic N) is 1. The van der Waals surface area contributed by atoms with Crippen LogP contribution in [0.15, 0.2) is 24.4 Å². The molecule has 0 amide bonds. The van der Waals surface area contributed by atoms with Crippen LogP contribution in [0.4, 0.5) is 0 Å². The standard InChI is InChI=1S/C12H13Cl2N3/c1-7(15)4-12-16-6-11(17-12)9-5-8(13)2-3-10(9)14/h2-3,5-7H,4,15H2,1H3,(H,16,17). The zero-order valence-corrected chi connectivity index (χ0v) is 10.9. The third-order valence-corrected chi connectivity index (χ3v) is 2.93. The Kier molecular flexibility index (Phi) is 3.72. The first kappa shape index (κ1) is 12.4. The molecule has 0 fully saturated rings. The van der Waals surface area contributed by atoms with Gasteiger partial charge in [0, 0.05) is 23.0 Å². The molecule has 0 saturated carbocycles. The second-order valence-electron chi connectivity index (χ2n) is 4.05. The van der Waals surface area contributed by atoms with Crippen LogP contribution < -0.4 is 5.73 Å². The fraction of sp³-hybridized carbons (Fsp3) is 0.250. The summed E-state index contributed by atoms with van der Waals surface area (Å²) in [6.45, 7) is 1.94. The first-order valence-electron chi connectivity index (χ1n) is 5.31. The number of nitrogens with two attached hydrogens (primary N) is 1. The zero-order chi connectivity index (χ0) is 12.4. The average Bonchev–Trinajstić information content (AvgIpc) is 2.69. The van der Waals surface area contributed by atoms with Crippen molar-refractivity contribution in [2.45, 2.75) is 19.4 Å². The molecule has 3 N–H and O–H groups in total. The minimum absolute atomic E-state index is 0.0730. The summed E-state index contributed by atoms with van der Waals surface area (Å²) in [5.41, 5.74) is 7.42. The van der Waals surface area contributed by atoms with Gasteiger partial charge in [-0.25, -0.2) is 4.98 Å². The molecule has 1 heterocycles. The molecule has 5 heteroatoms. The summed E-state index contributed by atoms with van der Waals surface area (Å²) in [4.78, 5) is 7.46. The molecular formula is C12H13Cl2N3. The van der Waals surface area contributed by atoms with Crippen LogP contribution in [-0.2, 0) is 6.42 Å². The van der Waals surface area contributed by atoms with E-state index in [2.05, 4.69) is 9.97 Å². The molecule has 1 atom stereocenters. The molecular weight excluding hydrogens is 257 g/mol. The topological polar surface area (TPSA) is 54.7 Å². The Hall–Kier alpha value is -1.03. The van der Waals surface area contributed by atoms with Crippen molar-refractivity contribution < 1.29 is 0 Å². The van der Waals surface area contributed by atoms with Crippen molar-refractivity contribution in [3.8, 4) is 11.3 Å². The van der Waals surface area contributed by atoms with E-state index < -0.39 is 0 Å². The smallest absolute Gasteiger partial charge is 0.108 e. The number of aromatic nitrogens is 2. The van der Waals surface area contributed by atoms with Crippen molar-refractivity contribution in [2.24, 2.45) is 5.73 Å². The van der Waals surface area contributed by atoms with Crippen LogP contribution in [0.1, 0.15) is 12.7 Å². The lowest BCUT2D eigenvalue weighted by molar-refractivity contribution is 0.710. The van der Waals surface area contributed by atoms with E-state index in [0.29, 0.717) is 16.5 Å². The zero-order valence-electron chi connectivity index (χ0n) is 9.37. The largest absolute Gasteiger partial charge is 0.342 e. The Balaban J connectivity index is 2.33. The fourth-order valence-electron chi connectivity index (χ4n) is 1.61. The lowest BCUT2D eigenvalue weighted by Crippen LogP contribution is -2.18. The lowest BCUT2D eigenvalue weighted by atomic mass is 10.2. The van der Waals surface area contributed by atoms with Gasteiger partial charge in [0.05, 0.1) is 16.9 Å². The molecule has 0 bridgehead atoms. The van der Waals surface area contributed by atoms with Gasteiger partial charge in [-0.15, -0.1) is 0 Å². The van der Waals surface area contributed by atoms with Crippen molar-refractivity contribution >= 4 is 23.2 Å². The Labute approximate surface area is 110 Å². The number of imidazole rings is 1. The Morgan fingerprint density at radius 3 is 2.88 bits per heavy atom. The van der Waals surface area contributed by atoms with Gasteiger partial charge < -0.3 is 10.7 Å². The first-order chi connectivity index (χ1) is 8.06. The van der Waals surface area contributed by atoms with Gasteiger partial charge in [-0.2, -0.15) is 0 Å². The van der Waals surface area contributed by atoms with Gasteiger partial charge in [-0.3, -0.25) is 0 Å². The van der Waals surface area contributed by atoms with Gasteiger partial charge in [-0.1, -0.05) is 23.2 Å². The van der Waals surface area contributed by atoms with Gasteiger partial charge in [0.25, 0.3) is 0 Å². The number of hydrogen-bond donors (Lipinski definition) is 2. The van der Waals surface area contributed by atoms with E-state index in [1.54, 1.807) is 18.3 Å². The van der Waals surface area contributed by atoms with Crippen LogP contribution in [-0.4, -0.2) is 16.0 Å². The Bertz CT molecular complexity index is 520. The number of rotatable bonds is 3. The van der Waals surface area contributed by atoms with E-state index in [9.17, 15) is 0 Å². The van der Waals surface area contributed by atoms with E-state index in [4.69, 9.17) is 28.9 Å². The van der Waals surface area contributed by atoms with Crippen LogP contribution in [0.2, 0.25) is 10.0 Å². The van der Waals surface area contributed by atoms with Crippen LogP contribution in [0, 0.1) is 0 Å². The maximum Gasteiger partial charge on any atom is 0.108 e. The monoisotopic (exact) mass is 269 g/mol. The molecule has 3 nitrogen and oxygen atoms in total. The summed E-state index contributed by atoms with van der Waals surface area (Å²) >= 11 is 12.1. The van der Waals surface area contributed by atoms with Gasteiger partial charge >= 0.3 is 0 Å². The predicted octanol–water partition coefficient (Wildman–Crippen LogP) is 3.27. The number of aromatic amines is 1. The maximum atomic E-state index is 6.11. The van der Waals surface area contributed by atoms with Crippen LogP contribution in [0.3, 0.4) is 0 Å². The number of hydrogen-bond acceptors (Lipinski definition) is 2. The van der Waals surface area contributed by atoms with Gasteiger partial charge in [0.2, 0.25) is 0 Å². The van der Waals surface area contributed by atoms with E-state index in [0.717, 1.165) is 17.1 Å². The fourth-order valence-corrected chi connectivity index (χ4v) is 2.00. The highest BCUT2D eigenvalue weighted by atomic mass is 35.5. The molecule has 1 aromatic carbocycles.